The van der Waals surface area contributed by atoms with Gasteiger partial charge in [0.05, 0.1) is 11.5 Å². The third-order valence-corrected chi connectivity index (χ3v) is 2.24. The standard InChI is InChI=1S/C11H15NO3/c1-3-15-8-9(2)10-6-4-5-7-11(10)12(13)14/h4-7,9H,3,8H2,1-2H3. The van der Waals surface area contributed by atoms with Gasteiger partial charge in [-0.3, -0.25) is 10.1 Å². The van der Waals surface area contributed by atoms with Crippen LogP contribution >= 0.6 is 0 Å². The Balaban J connectivity index is 2.87. The van der Waals surface area contributed by atoms with E-state index in [1.807, 2.05) is 19.9 Å². The SMILES string of the molecule is CCOCC(C)c1ccccc1[N+](=O)[O-]. The minimum Gasteiger partial charge on any atom is -0.381 e. The summed E-state index contributed by atoms with van der Waals surface area (Å²) in [6.45, 7) is 4.98. The zero-order valence-electron chi connectivity index (χ0n) is 8.97. The summed E-state index contributed by atoms with van der Waals surface area (Å²) in [5.41, 5.74) is 0.903. The fourth-order valence-corrected chi connectivity index (χ4v) is 1.45. The molecule has 1 unspecified atom stereocenters. The number of benzene rings is 1. The van der Waals surface area contributed by atoms with Crippen molar-refractivity contribution in [2.24, 2.45) is 0 Å². The van der Waals surface area contributed by atoms with Crippen LogP contribution in [0.15, 0.2) is 24.3 Å². The van der Waals surface area contributed by atoms with Gasteiger partial charge in [-0.05, 0) is 6.92 Å². The summed E-state index contributed by atoms with van der Waals surface area (Å²) in [7, 11) is 0. The molecule has 1 aromatic carbocycles. The number of hydrogen-bond donors (Lipinski definition) is 0. The maximum absolute atomic E-state index is 10.8. The lowest BCUT2D eigenvalue weighted by Gasteiger charge is -2.11. The monoisotopic (exact) mass is 209 g/mol. The van der Waals surface area contributed by atoms with Crippen molar-refractivity contribution < 1.29 is 9.66 Å². The summed E-state index contributed by atoms with van der Waals surface area (Å²) in [5, 5.41) is 10.8. The van der Waals surface area contributed by atoms with E-state index in [9.17, 15) is 10.1 Å². The molecule has 0 amide bonds. The average molecular weight is 209 g/mol. The van der Waals surface area contributed by atoms with Crippen LogP contribution in [0.5, 0.6) is 0 Å². The van der Waals surface area contributed by atoms with Crippen LogP contribution in [0.3, 0.4) is 0 Å². The van der Waals surface area contributed by atoms with Gasteiger partial charge in [0.2, 0.25) is 0 Å². The predicted molar refractivity (Wildman–Crippen MR) is 58.0 cm³/mol. The van der Waals surface area contributed by atoms with Crippen molar-refractivity contribution in [3.8, 4) is 0 Å². The first kappa shape index (κ1) is 11.7. The molecule has 1 aromatic rings. The van der Waals surface area contributed by atoms with Crippen LogP contribution in [-0.4, -0.2) is 18.1 Å². The second-order valence-corrected chi connectivity index (χ2v) is 3.38. The molecule has 0 saturated heterocycles. The van der Waals surface area contributed by atoms with Crippen LogP contribution in [-0.2, 0) is 4.74 Å². The van der Waals surface area contributed by atoms with Crippen molar-refractivity contribution in [2.75, 3.05) is 13.2 Å². The van der Waals surface area contributed by atoms with Gasteiger partial charge in [-0.25, -0.2) is 0 Å². The largest absolute Gasteiger partial charge is 0.381 e. The Kier molecular flexibility index (Phi) is 4.24. The fraction of sp³-hybridized carbons (Fsp3) is 0.455. The number of ether oxygens (including phenoxy) is 1. The lowest BCUT2D eigenvalue weighted by Crippen LogP contribution is -2.06. The van der Waals surface area contributed by atoms with Gasteiger partial charge < -0.3 is 4.74 Å². The molecule has 0 aliphatic rings. The molecule has 0 heterocycles. The van der Waals surface area contributed by atoms with E-state index in [2.05, 4.69) is 0 Å². The number of nitro groups is 1. The maximum atomic E-state index is 10.8. The molecule has 0 saturated carbocycles. The number of rotatable bonds is 5. The summed E-state index contributed by atoms with van der Waals surface area (Å²) >= 11 is 0. The van der Waals surface area contributed by atoms with Gasteiger partial charge in [-0.15, -0.1) is 0 Å². The highest BCUT2D eigenvalue weighted by Crippen LogP contribution is 2.25. The normalized spacial score (nSPS) is 12.4. The first-order valence-electron chi connectivity index (χ1n) is 4.97. The van der Waals surface area contributed by atoms with Crippen LogP contribution in [0, 0.1) is 10.1 Å². The van der Waals surface area contributed by atoms with E-state index in [1.54, 1.807) is 12.1 Å². The van der Waals surface area contributed by atoms with Gasteiger partial charge in [0, 0.05) is 24.2 Å². The minimum atomic E-state index is -0.349. The summed E-state index contributed by atoms with van der Waals surface area (Å²) in [6.07, 6.45) is 0. The van der Waals surface area contributed by atoms with Gasteiger partial charge in [0.15, 0.2) is 0 Å². The van der Waals surface area contributed by atoms with Gasteiger partial charge in [-0.1, -0.05) is 25.1 Å². The third-order valence-electron chi connectivity index (χ3n) is 2.24. The summed E-state index contributed by atoms with van der Waals surface area (Å²) in [6, 6.07) is 6.79. The highest BCUT2D eigenvalue weighted by atomic mass is 16.6. The smallest absolute Gasteiger partial charge is 0.272 e. The van der Waals surface area contributed by atoms with Crippen LogP contribution in [0.1, 0.15) is 25.3 Å². The second kappa shape index (κ2) is 5.46. The Labute approximate surface area is 89.0 Å². The van der Waals surface area contributed by atoms with Gasteiger partial charge in [0.1, 0.15) is 0 Å². The topological polar surface area (TPSA) is 52.4 Å². The molecular formula is C11H15NO3. The molecule has 0 bridgehead atoms. The van der Waals surface area contributed by atoms with Gasteiger partial charge in [0.25, 0.3) is 5.69 Å². The Bertz CT molecular complexity index is 338. The van der Waals surface area contributed by atoms with Crippen molar-refractivity contribution >= 4 is 5.69 Å². The molecule has 1 atom stereocenters. The van der Waals surface area contributed by atoms with Crippen LogP contribution in [0.2, 0.25) is 0 Å². The highest BCUT2D eigenvalue weighted by molar-refractivity contribution is 5.42. The molecule has 4 nitrogen and oxygen atoms in total. The lowest BCUT2D eigenvalue weighted by molar-refractivity contribution is -0.385. The fourth-order valence-electron chi connectivity index (χ4n) is 1.45. The zero-order chi connectivity index (χ0) is 11.3. The number of nitro benzene ring substituents is 1. The lowest BCUT2D eigenvalue weighted by atomic mass is 10.0. The van der Waals surface area contributed by atoms with Crippen molar-refractivity contribution in [2.45, 2.75) is 19.8 Å². The first-order valence-corrected chi connectivity index (χ1v) is 4.97. The molecule has 1 rings (SSSR count). The number of para-hydroxylation sites is 1. The van der Waals surface area contributed by atoms with E-state index >= 15 is 0 Å². The van der Waals surface area contributed by atoms with E-state index in [0.717, 1.165) is 5.56 Å². The molecule has 82 valence electrons. The minimum absolute atomic E-state index is 0.0477. The molecule has 0 aliphatic carbocycles. The molecule has 0 aromatic heterocycles. The van der Waals surface area contributed by atoms with E-state index in [-0.39, 0.29) is 16.5 Å². The molecular weight excluding hydrogens is 194 g/mol. The molecule has 0 aliphatic heterocycles. The van der Waals surface area contributed by atoms with Crippen molar-refractivity contribution in [1.82, 2.24) is 0 Å². The van der Waals surface area contributed by atoms with Crippen molar-refractivity contribution in [1.29, 1.82) is 0 Å². The average Bonchev–Trinajstić information content (AvgIpc) is 2.25. The second-order valence-electron chi connectivity index (χ2n) is 3.38. The van der Waals surface area contributed by atoms with E-state index in [0.29, 0.717) is 13.2 Å². The molecule has 0 fully saturated rings. The number of hydrogen-bond acceptors (Lipinski definition) is 3. The molecule has 0 N–H and O–H groups in total. The Morgan fingerprint density at radius 2 is 2.13 bits per heavy atom. The van der Waals surface area contributed by atoms with Crippen LogP contribution in [0.4, 0.5) is 5.69 Å². The van der Waals surface area contributed by atoms with Crippen molar-refractivity contribution in [3.05, 3.63) is 39.9 Å². The highest BCUT2D eigenvalue weighted by Gasteiger charge is 2.17. The quantitative estimate of drug-likeness (QED) is 0.553. The van der Waals surface area contributed by atoms with Crippen LogP contribution < -0.4 is 0 Å². The molecule has 0 spiro atoms. The van der Waals surface area contributed by atoms with Gasteiger partial charge in [-0.2, -0.15) is 0 Å². The molecule has 4 heteroatoms. The van der Waals surface area contributed by atoms with E-state index < -0.39 is 0 Å². The van der Waals surface area contributed by atoms with Gasteiger partial charge >= 0.3 is 0 Å². The Hall–Kier alpha value is -1.42. The van der Waals surface area contributed by atoms with E-state index in [4.69, 9.17) is 4.74 Å². The van der Waals surface area contributed by atoms with Crippen molar-refractivity contribution in [3.63, 3.8) is 0 Å². The number of nitrogens with zero attached hydrogens (tertiary/aromatic N) is 1. The molecule has 15 heavy (non-hydrogen) atoms. The zero-order valence-corrected chi connectivity index (χ0v) is 8.97. The predicted octanol–water partition coefficient (Wildman–Crippen LogP) is 2.73. The van der Waals surface area contributed by atoms with E-state index in [1.165, 1.54) is 6.07 Å². The summed E-state index contributed by atoms with van der Waals surface area (Å²) in [5.74, 6) is 0.0477. The third kappa shape index (κ3) is 3.02. The first-order chi connectivity index (χ1) is 7.16. The van der Waals surface area contributed by atoms with Crippen LogP contribution in [0.25, 0.3) is 0 Å². The summed E-state index contributed by atoms with van der Waals surface area (Å²) in [4.78, 5) is 10.4. The summed E-state index contributed by atoms with van der Waals surface area (Å²) < 4.78 is 5.26. The Morgan fingerprint density at radius 3 is 2.73 bits per heavy atom. The molecule has 0 radical (unpaired) electrons. The maximum Gasteiger partial charge on any atom is 0.272 e. The Morgan fingerprint density at radius 1 is 1.47 bits per heavy atom.